The van der Waals surface area contributed by atoms with Crippen molar-refractivity contribution in [1.82, 2.24) is 9.55 Å². The van der Waals surface area contributed by atoms with Gasteiger partial charge in [0, 0.05) is 28.4 Å². The van der Waals surface area contributed by atoms with Crippen molar-refractivity contribution in [2.75, 3.05) is 0 Å². The molecule has 1 aromatic heterocycles. The number of carbonyl (C=O) groups is 1. The fourth-order valence-electron chi connectivity index (χ4n) is 2.22. The van der Waals surface area contributed by atoms with Crippen LogP contribution in [-0.2, 0) is 24.2 Å². The lowest BCUT2D eigenvalue weighted by molar-refractivity contribution is -0.119. The maximum absolute atomic E-state index is 12.1. The van der Waals surface area contributed by atoms with E-state index in [1.807, 2.05) is 16.8 Å². The van der Waals surface area contributed by atoms with Crippen LogP contribution in [-0.4, -0.2) is 15.3 Å². The molecular weight excluding hydrogens is 307 g/mol. The molecule has 0 radical (unpaired) electrons. The Hall–Kier alpha value is -1.32. The van der Waals surface area contributed by atoms with E-state index in [1.54, 1.807) is 18.5 Å². The van der Waals surface area contributed by atoms with Crippen LogP contribution in [0.5, 0.6) is 0 Å². The van der Waals surface area contributed by atoms with E-state index in [1.165, 1.54) is 0 Å². The molecule has 0 aliphatic heterocycles. The van der Waals surface area contributed by atoms with Gasteiger partial charge in [0.15, 0.2) is 5.78 Å². The van der Waals surface area contributed by atoms with Crippen molar-refractivity contribution in [2.45, 2.75) is 39.2 Å². The fraction of sp³-hybridized carbons (Fsp3) is 0.375. The van der Waals surface area contributed by atoms with Gasteiger partial charge in [-0.25, -0.2) is 4.98 Å². The Balaban J connectivity index is 1.91. The summed E-state index contributed by atoms with van der Waals surface area (Å²) in [5.41, 5.74) is 2.06. The summed E-state index contributed by atoms with van der Waals surface area (Å²) >= 11 is 12.0. The van der Waals surface area contributed by atoms with Gasteiger partial charge in [0.25, 0.3) is 0 Å². The third-order valence-electron chi connectivity index (χ3n) is 3.34. The first-order chi connectivity index (χ1) is 10.1. The zero-order valence-electron chi connectivity index (χ0n) is 12.0. The molecule has 1 aromatic carbocycles. The van der Waals surface area contributed by atoms with E-state index in [4.69, 9.17) is 23.2 Å². The van der Waals surface area contributed by atoms with Gasteiger partial charge in [-0.2, -0.15) is 0 Å². The number of carbonyl (C=O) groups excluding carboxylic acids is 1. The zero-order chi connectivity index (χ0) is 15.2. The number of hydrogen-bond acceptors (Lipinski definition) is 2. The quantitative estimate of drug-likeness (QED) is 0.759. The first-order valence-electron chi connectivity index (χ1n) is 7.04. The number of benzene rings is 1. The molecule has 0 amide bonds. The Labute approximate surface area is 134 Å². The zero-order valence-corrected chi connectivity index (χ0v) is 13.5. The highest BCUT2D eigenvalue weighted by atomic mass is 35.5. The molecule has 0 bridgehead atoms. The van der Waals surface area contributed by atoms with E-state index >= 15 is 0 Å². The van der Waals surface area contributed by atoms with E-state index in [0.29, 0.717) is 29.4 Å². The van der Waals surface area contributed by atoms with Gasteiger partial charge in [-0.05, 0) is 30.5 Å². The Morgan fingerprint density at radius 3 is 2.81 bits per heavy atom. The lowest BCUT2D eigenvalue weighted by Gasteiger charge is -2.07. The first-order valence-corrected chi connectivity index (χ1v) is 7.80. The minimum atomic E-state index is 0.177. The molecule has 21 heavy (non-hydrogen) atoms. The van der Waals surface area contributed by atoms with E-state index in [9.17, 15) is 4.79 Å². The molecule has 0 atom stereocenters. The second-order valence-electron chi connectivity index (χ2n) is 5.04. The van der Waals surface area contributed by atoms with E-state index < -0.39 is 0 Å². The fourth-order valence-corrected chi connectivity index (χ4v) is 2.73. The second kappa shape index (κ2) is 7.62. The number of imidazole rings is 1. The first kappa shape index (κ1) is 16.1. The predicted octanol–water partition coefficient (Wildman–Crippen LogP) is 4.34. The molecule has 0 N–H and O–H groups in total. The van der Waals surface area contributed by atoms with Gasteiger partial charge < -0.3 is 4.57 Å². The molecular formula is C16H18Cl2N2O. The number of aromatic nitrogens is 2. The molecule has 5 heteroatoms. The molecule has 2 rings (SSSR count). The molecule has 1 heterocycles. The van der Waals surface area contributed by atoms with Crippen molar-refractivity contribution >= 4 is 29.0 Å². The third kappa shape index (κ3) is 4.58. The highest BCUT2D eigenvalue weighted by molar-refractivity contribution is 6.35. The maximum Gasteiger partial charge on any atom is 0.152 e. The number of halogens is 2. The van der Waals surface area contributed by atoms with Crippen LogP contribution in [0.25, 0.3) is 0 Å². The van der Waals surface area contributed by atoms with Crippen molar-refractivity contribution < 1.29 is 4.79 Å². The summed E-state index contributed by atoms with van der Waals surface area (Å²) in [5.74, 6) is 0.177. The maximum atomic E-state index is 12.1. The van der Waals surface area contributed by atoms with Crippen LogP contribution < -0.4 is 0 Å². The molecule has 112 valence electrons. The Bertz CT molecular complexity index is 622. The summed E-state index contributed by atoms with van der Waals surface area (Å²) in [5, 5.41) is 1.22. The number of aryl methyl sites for hydroxylation is 2. The van der Waals surface area contributed by atoms with Gasteiger partial charge in [-0.15, -0.1) is 0 Å². The van der Waals surface area contributed by atoms with E-state index in [-0.39, 0.29) is 5.78 Å². The van der Waals surface area contributed by atoms with Crippen LogP contribution in [0.3, 0.4) is 0 Å². The summed E-state index contributed by atoms with van der Waals surface area (Å²) in [7, 11) is 0. The van der Waals surface area contributed by atoms with Gasteiger partial charge >= 0.3 is 0 Å². The molecule has 0 aliphatic rings. The minimum Gasteiger partial charge on any atom is -0.327 e. The minimum absolute atomic E-state index is 0.177. The predicted molar refractivity (Wildman–Crippen MR) is 86.0 cm³/mol. The molecule has 3 nitrogen and oxygen atoms in total. The number of ketones is 1. The van der Waals surface area contributed by atoms with Crippen LogP contribution in [0.15, 0.2) is 30.7 Å². The molecule has 2 aromatic rings. The van der Waals surface area contributed by atoms with Gasteiger partial charge in [-0.3, -0.25) is 4.79 Å². The second-order valence-corrected chi connectivity index (χ2v) is 5.88. The van der Waals surface area contributed by atoms with E-state index in [0.717, 1.165) is 24.1 Å². The largest absolute Gasteiger partial charge is 0.327 e. The topological polar surface area (TPSA) is 34.9 Å². The molecule has 0 spiro atoms. The van der Waals surface area contributed by atoms with Crippen molar-refractivity contribution in [3.63, 3.8) is 0 Å². The van der Waals surface area contributed by atoms with E-state index in [2.05, 4.69) is 11.9 Å². The normalized spacial score (nSPS) is 10.8. The highest BCUT2D eigenvalue weighted by Crippen LogP contribution is 2.22. The molecule has 0 saturated carbocycles. The number of rotatable bonds is 7. The van der Waals surface area contributed by atoms with Gasteiger partial charge in [0.2, 0.25) is 0 Å². The Morgan fingerprint density at radius 2 is 2.10 bits per heavy atom. The summed E-state index contributed by atoms with van der Waals surface area (Å²) in [6, 6.07) is 5.37. The monoisotopic (exact) mass is 324 g/mol. The van der Waals surface area contributed by atoms with Crippen molar-refractivity contribution in [2.24, 2.45) is 0 Å². The number of nitrogens with zero attached hydrogens (tertiary/aromatic N) is 2. The molecule has 0 saturated heterocycles. The Kier molecular flexibility index (Phi) is 5.83. The van der Waals surface area contributed by atoms with Crippen LogP contribution in [0, 0.1) is 0 Å². The Morgan fingerprint density at radius 1 is 1.29 bits per heavy atom. The molecule has 0 aliphatic carbocycles. The summed E-state index contributed by atoms with van der Waals surface area (Å²) in [6.07, 6.45) is 6.62. The SMILES string of the molecule is CCCc1cncn1CC(=O)CCc1ccc(Cl)cc1Cl. The van der Waals surface area contributed by atoms with Gasteiger partial charge in [-0.1, -0.05) is 42.6 Å². The smallest absolute Gasteiger partial charge is 0.152 e. The summed E-state index contributed by atoms with van der Waals surface area (Å²) < 4.78 is 1.93. The lowest BCUT2D eigenvalue weighted by atomic mass is 10.1. The average molecular weight is 325 g/mol. The van der Waals surface area contributed by atoms with Crippen molar-refractivity contribution in [3.8, 4) is 0 Å². The molecule has 0 unspecified atom stereocenters. The van der Waals surface area contributed by atoms with Crippen molar-refractivity contribution in [3.05, 3.63) is 52.0 Å². The standard InChI is InChI=1S/C16H18Cl2N2O/c1-2-3-14-9-19-11-20(14)10-15(21)7-5-12-4-6-13(17)8-16(12)18/h4,6,8-9,11H,2-3,5,7,10H2,1H3. The van der Waals surface area contributed by atoms with Crippen molar-refractivity contribution in [1.29, 1.82) is 0 Å². The summed E-state index contributed by atoms with van der Waals surface area (Å²) in [4.78, 5) is 16.2. The average Bonchev–Trinajstić information content (AvgIpc) is 2.85. The molecule has 0 fully saturated rings. The van der Waals surface area contributed by atoms with Gasteiger partial charge in [0.1, 0.15) is 0 Å². The van der Waals surface area contributed by atoms with Crippen LogP contribution in [0.4, 0.5) is 0 Å². The number of hydrogen-bond donors (Lipinski definition) is 0. The highest BCUT2D eigenvalue weighted by Gasteiger charge is 2.09. The van der Waals surface area contributed by atoms with Crippen LogP contribution >= 0.6 is 23.2 Å². The van der Waals surface area contributed by atoms with Crippen LogP contribution in [0.1, 0.15) is 31.0 Å². The summed E-state index contributed by atoms with van der Waals surface area (Å²) in [6.45, 7) is 2.49. The van der Waals surface area contributed by atoms with Crippen LogP contribution in [0.2, 0.25) is 10.0 Å². The third-order valence-corrected chi connectivity index (χ3v) is 3.93. The lowest BCUT2D eigenvalue weighted by Crippen LogP contribution is -2.12. The van der Waals surface area contributed by atoms with Gasteiger partial charge in [0.05, 0.1) is 12.9 Å². The number of Topliss-reactive ketones (excluding diaryl/α,β-unsaturated/α-hetero) is 1.